The second kappa shape index (κ2) is 8.53. The first kappa shape index (κ1) is 19.3. The fourth-order valence-electron chi connectivity index (χ4n) is 3.31. The third-order valence-corrected chi connectivity index (χ3v) is 5.92. The summed E-state index contributed by atoms with van der Waals surface area (Å²) in [4.78, 5) is 32.1. The summed E-state index contributed by atoms with van der Waals surface area (Å²) >= 11 is 1.51. The van der Waals surface area contributed by atoms with E-state index in [0.717, 1.165) is 34.6 Å². The van der Waals surface area contributed by atoms with Crippen molar-refractivity contribution in [2.24, 2.45) is 0 Å². The molecule has 1 aromatic carbocycles. The molecule has 0 saturated carbocycles. The van der Waals surface area contributed by atoms with Gasteiger partial charge in [-0.2, -0.15) is 0 Å². The highest BCUT2D eigenvalue weighted by molar-refractivity contribution is 8.00. The summed E-state index contributed by atoms with van der Waals surface area (Å²) < 4.78 is 0. The van der Waals surface area contributed by atoms with Crippen LogP contribution in [0.25, 0.3) is 0 Å². The molecule has 6 nitrogen and oxygen atoms in total. The van der Waals surface area contributed by atoms with Crippen LogP contribution in [0.3, 0.4) is 0 Å². The van der Waals surface area contributed by atoms with Gasteiger partial charge in [0.1, 0.15) is 5.82 Å². The number of allylic oxidation sites excluding steroid dienone is 2. The van der Waals surface area contributed by atoms with Gasteiger partial charge in [-0.3, -0.25) is 9.59 Å². The molecule has 1 aliphatic carbocycles. The van der Waals surface area contributed by atoms with E-state index in [9.17, 15) is 9.59 Å². The van der Waals surface area contributed by atoms with E-state index in [2.05, 4.69) is 28.5 Å². The van der Waals surface area contributed by atoms with E-state index < -0.39 is 0 Å². The zero-order valence-corrected chi connectivity index (χ0v) is 16.7. The molecule has 0 atom stereocenters. The molecule has 0 spiro atoms. The quantitative estimate of drug-likeness (QED) is 0.795. The number of benzene rings is 1. The first-order chi connectivity index (χ1) is 14.1. The SMILES string of the molecule is Nc1ccc(CNC(=O)c2ccc3c(c2)N(CC2=CCCC=C2)C(=O)CS3)cn1. The average Bonchev–Trinajstić information content (AvgIpc) is 2.75. The monoisotopic (exact) mass is 406 g/mol. The van der Waals surface area contributed by atoms with Gasteiger partial charge in [0, 0.05) is 23.2 Å². The van der Waals surface area contributed by atoms with E-state index in [0.29, 0.717) is 30.2 Å². The number of anilines is 2. The topological polar surface area (TPSA) is 88.3 Å². The lowest BCUT2D eigenvalue weighted by Gasteiger charge is -2.30. The number of rotatable bonds is 5. The molecule has 29 heavy (non-hydrogen) atoms. The first-order valence-corrected chi connectivity index (χ1v) is 10.5. The summed E-state index contributed by atoms with van der Waals surface area (Å²) in [7, 11) is 0. The van der Waals surface area contributed by atoms with Crippen molar-refractivity contribution in [2.75, 3.05) is 22.9 Å². The molecule has 0 unspecified atom stereocenters. The van der Waals surface area contributed by atoms with Crippen molar-refractivity contribution in [3.63, 3.8) is 0 Å². The molecule has 2 amide bonds. The molecule has 0 fully saturated rings. The molecule has 2 aliphatic rings. The Morgan fingerprint density at radius 1 is 1.24 bits per heavy atom. The van der Waals surface area contributed by atoms with Gasteiger partial charge in [-0.1, -0.05) is 24.3 Å². The minimum absolute atomic E-state index is 0.0629. The molecule has 1 aromatic heterocycles. The van der Waals surface area contributed by atoms with Crippen LogP contribution in [0.2, 0.25) is 0 Å². The molecular weight excluding hydrogens is 384 g/mol. The van der Waals surface area contributed by atoms with Crippen LogP contribution in [-0.4, -0.2) is 29.1 Å². The zero-order valence-electron chi connectivity index (χ0n) is 15.9. The Morgan fingerprint density at radius 2 is 2.14 bits per heavy atom. The predicted octanol–water partition coefficient (Wildman–Crippen LogP) is 3.31. The number of carbonyl (C=O) groups is 2. The van der Waals surface area contributed by atoms with E-state index >= 15 is 0 Å². The molecule has 0 radical (unpaired) electrons. The summed E-state index contributed by atoms with van der Waals surface area (Å²) in [6, 6.07) is 9.07. The van der Waals surface area contributed by atoms with Gasteiger partial charge >= 0.3 is 0 Å². The van der Waals surface area contributed by atoms with Crippen LogP contribution in [-0.2, 0) is 11.3 Å². The number of thioether (sulfide) groups is 1. The minimum Gasteiger partial charge on any atom is -0.384 e. The van der Waals surface area contributed by atoms with Crippen molar-refractivity contribution in [3.05, 3.63) is 71.5 Å². The number of nitrogens with one attached hydrogen (secondary N) is 1. The number of fused-ring (bicyclic) bond motifs is 1. The van der Waals surface area contributed by atoms with Gasteiger partial charge < -0.3 is 16.0 Å². The van der Waals surface area contributed by atoms with E-state index in [4.69, 9.17) is 5.73 Å². The van der Waals surface area contributed by atoms with E-state index in [1.54, 1.807) is 23.2 Å². The number of nitrogen functional groups attached to an aromatic ring is 1. The summed E-state index contributed by atoms with van der Waals surface area (Å²) in [5, 5.41) is 2.90. The van der Waals surface area contributed by atoms with Crippen LogP contribution < -0.4 is 16.0 Å². The molecular formula is C22H22N4O2S. The number of carbonyl (C=O) groups excluding carboxylic acids is 2. The highest BCUT2D eigenvalue weighted by Crippen LogP contribution is 2.36. The van der Waals surface area contributed by atoms with Gasteiger partial charge in [0.15, 0.2) is 0 Å². The summed E-state index contributed by atoms with van der Waals surface area (Å²) in [5.74, 6) is 0.733. The molecule has 0 bridgehead atoms. The molecule has 1 aliphatic heterocycles. The maximum Gasteiger partial charge on any atom is 0.251 e. The summed E-state index contributed by atoms with van der Waals surface area (Å²) in [5.41, 5.74) is 8.92. The van der Waals surface area contributed by atoms with Gasteiger partial charge in [-0.15, -0.1) is 11.8 Å². The van der Waals surface area contributed by atoms with Crippen molar-refractivity contribution in [1.29, 1.82) is 0 Å². The Kier molecular flexibility index (Phi) is 5.67. The van der Waals surface area contributed by atoms with E-state index in [1.165, 1.54) is 11.8 Å². The van der Waals surface area contributed by atoms with Crippen molar-refractivity contribution in [2.45, 2.75) is 24.3 Å². The molecule has 0 saturated heterocycles. The molecule has 148 valence electrons. The van der Waals surface area contributed by atoms with Crippen molar-refractivity contribution >= 4 is 35.1 Å². The Hall–Kier alpha value is -3.06. The maximum absolute atomic E-state index is 12.7. The summed E-state index contributed by atoms with van der Waals surface area (Å²) in [6.45, 7) is 0.892. The van der Waals surface area contributed by atoms with Gasteiger partial charge in [-0.05, 0) is 48.2 Å². The number of amides is 2. The first-order valence-electron chi connectivity index (χ1n) is 9.51. The summed E-state index contributed by atoms with van der Waals surface area (Å²) in [6.07, 6.45) is 10.1. The lowest BCUT2D eigenvalue weighted by molar-refractivity contribution is -0.116. The van der Waals surface area contributed by atoms with Crippen LogP contribution >= 0.6 is 11.8 Å². The molecule has 7 heteroatoms. The Morgan fingerprint density at radius 3 is 2.90 bits per heavy atom. The fraction of sp³-hybridized carbons (Fsp3) is 0.227. The third kappa shape index (κ3) is 4.51. The number of hydrogen-bond donors (Lipinski definition) is 2. The Balaban J connectivity index is 1.51. The van der Waals surface area contributed by atoms with Gasteiger partial charge in [0.05, 0.1) is 18.0 Å². The van der Waals surface area contributed by atoms with Gasteiger partial charge in [0.2, 0.25) is 5.91 Å². The highest BCUT2D eigenvalue weighted by atomic mass is 32.2. The largest absolute Gasteiger partial charge is 0.384 e. The molecule has 3 N–H and O–H groups in total. The van der Waals surface area contributed by atoms with Crippen LogP contribution in [0.4, 0.5) is 11.5 Å². The Labute approximate surface area is 173 Å². The van der Waals surface area contributed by atoms with Crippen molar-refractivity contribution in [3.8, 4) is 0 Å². The third-order valence-electron chi connectivity index (χ3n) is 4.88. The molecule has 4 rings (SSSR count). The van der Waals surface area contributed by atoms with E-state index in [1.807, 2.05) is 18.2 Å². The van der Waals surface area contributed by atoms with Crippen LogP contribution in [0.5, 0.6) is 0 Å². The number of hydrogen-bond acceptors (Lipinski definition) is 5. The molecule has 2 heterocycles. The minimum atomic E-state index is -0.190. The Bertz CT molecular complexity index is 998. The average molecular weight is 407 g/mol. The second-order valence-corrected chi connectivity index (χ2v) is 8.00. The molecule has 2 aromatic rings. The highest BCUT2D eigenvalue weighted by Gasteiger charge is 2.26. The zero-order chi connectivity index (χ0) is 20.2. The maximum atomic E-state index is 12.7. The lowest BCUT2D eigenvalue weighted by Crippen LogP contribution is -2.37. The number of pyridine rings is 1. The van der Waals surface area contributed by atoms with Crippen LogP contribution in [0.1, 0.15) is 28.8 Å². The lowest BCUT2D eigenvalue weighted by atomic mass is 10.1. The van der Waals surface area contributed by atoms with Gasteiger partial charge in [-0.25, -0.2) is 4.98 Å². The van der Waals surface area contributed by atoms with Crippen molar-refractivity contribution < 1.29 is 9.59 Å². The van der Waals surface area contributed by atoms with Crippen LogP contribution in [0, 0.1) is 0 Å². The van der Waals surface area contributed by atoms with Crippen LogP contribution in [0.15, 0.2) is 65.2 Å². The van der Waals surface area contributed by atoms with Gasteiger partial charge in [0.25, 0.3) is 5.91 Å². The number of nitrogens with zero attached hydrogens (tertiary/aromatic N) is 2. The van der Waals surface area contributed by atoms with Crippen molar-refractivity contribution in [1.82, 2.24) is 10.3 Å². The standard InChI is InChI=1S/C22H22N4O2S/c23-20-9-6-16(11-24-20)12-25-22(28)17-7-8-19-18(10-17)26(21(27)14-29-19)13-15-4-2-1-3-5-15/h2,4-11H,1,3,12-14H2,(H2,23,24)(H,25,28). The predicted molar refractivity (Wildman–Crippen MR) is 116 cm³/mol. The normalized spacial score (nSPS) is 15.7. The van der Waals surface area contributed by atoms with E-state index in [-0.39, 0.29) is 11.8 Å². The fourth-order valence-corrected chi connectivity index (χ4v) is 4.23. The second-order valence-electron chi connectivity index (χ2n) is 6.98. The smallest absolute Gasteiger partial charge is 0.251 e. The number of nitrogens with two attached hydrogens (primary N) is 1. The number of aromatic nitrogens is 1.